The van der Waals surface area contributed by atoms with Gasteiger partial charge in [-0.3, -0.25) is 10.1 Å². The highest BCUT2D eigenvalue weighted by atomic mass is 32.1. The maximum Gasteiger partial charge on any atom is 0.252 e. The molecule has 8 heteroatoms. The van der Waals surface area contributed by atoms with Gasteiger partial charge in [0.05, 0.1) is 6.61 Å². The zero-order chi connectivity index (χ0) is 17.5. The van der Waals surface area contributed by atoms with E-state index in [1.54, 1.807) is 0 Å². The molecule has 1 aliphatic heterocycles. The van der Waals surface area contributed by atoms with Crippen molar-refractivity contribution in [2.45, 2.75) is 19.8 Å². The van der Waals surface area contributed by atoms with Gasteiger partial charge in [0.25, 0.3) is 5.91 Å². The van der Waals surface area contributed by atoms with Crippen LogP contribution in [0.1, 0.15) is 19.8 Å². The quantitative estimate of drug-likeness (QED) is 0.798. The molecule has 0 atom stereocenters. The number of carbonyl (C=O) groups excluding carboxylic acids is 1. The van der Waals surface area contributed by atoms with Crippen molar-refractivity contribution in [3.05, 3.63) is 23.8 Å². The highest BCUT2D eigenvalue weighted by molar-refractivity contribution is 7.19. The van der Waals surface area contributed by atoms with Crippen LogP contribution in [0.3, 0.4) is 0 Å². The van der Waals surface area contributed by atoms with E-state index in [2.05, 4.69) is 44.4 Å². The normalized spacial score (nSPS) is 18.3. The average Bonchev–Trinajstić information content (AvgIpc) is 3.11. The van der Waals surface area contributed by atoms with Gasteiger partial charge in [0.1, 0.15) is 6.61 Å². The van der Waals surface area contributed by atoms with Crippen LogP contribution in [0.2, 0.25) is 0 Å². The number of piperazine rings is 1. The summed E-state index contributed by atoms with van der Waals surface area (Å²) in [6.07, 6.45) is 8.26. The maximum absolute atomic E-state index is 12.0. The van der Waals surface area contributed by atoms with Crippen LogP contribution in [0, 0.1) is 0 Å². The second kappa shape index (κ2) is 9.07. The number of ether oxygens (including phenoxy) is 1. The topological polar surface area (TPSA) is 70.6 Å². The standard InChI is InChI=1S/C17H25N5O2S/c1-2-21-8-10-22(11-9-21)17-20-19-16(25-17)18-15(23)13-24-12-14-6-4-3-5-7-14/h3-4,6H,2,5,7-13H2,1H3,(H,18,19,23). The number of allylic oxidation sites excluding steroid dienone is 3. The van der Waals surface area contributed by atoms with E-state index in [0.717, 1.165) is 50.7 Å². The number of rotatable bonds is 7. The Kier molecular flexibility index (Phi) is 6.55. The summed E-state index contributed by atoms with van der Waals surface area (Å²) in [6, 6.07) is 0. The maximum atomic E-state index is 12.0. The van der Waals surface area contributed by atoms with Crippen LogP contribution in [0.15, 0.2) is 23.8 Å². The summed E-state index contributed by atoms with van der Waals surface area (Å²) < 4.78 is 5.48. The lowest BCUT2D eigenvalue weighted by Crippen LogP contribution is -2.46. The Morgan fingerprint density at radius 1 is 1.32 bits per heavy atom. The fraction of sp³-hybridized carbons (Fsp3) is 0.588. The molecule has 1 aromatic rings. The van der Waals surface area contributed by atoms with E-state index in [9.17, 15) is 4.79 Å². The zero-order valence-corrected chi connectivity index (χ0v) is 15.4. The van der Waals surface area contributed by atoms with Crippen LogP contribution in [-0.4, -0.2) is 66.9 Å². The summed E-state index contributed by atoms with van der Waals surface area (Å²) >= 11 is 1.42. The van der Waals surface area contributed by atoms with E-state index in [1.807, 2.05) is 6.08 Å². The molecule has 2 heterocycles. The molecule has 7 nitrogen and oxygen atoms in total. The molecule has 2 aliphatic rings. The molecular weight excluding hydrogens is 338 g/mol. The highest BCUT2D eigenvalue weighted by Gasteiger charge is 2.19. The van der Waals surface area contributed by atoms with E-state index < -0.39 is 0 Å². The summed E-state index contributed by atoms with van der Waals surface area (Å²) in [7, 11) is 0. The fourth-order valence-electron chi connectivity index (χ4n) is 2.85. The Balaban J connectivity index is 1.41. The van der Waals surface area contributed by atoms with Crippen molar-refractivity contribution in [3.63, 3.8) is 0 Å². The number of hydrogen-bond acceptors (Lipinski definition) is 7. The summed E-state index contributed by atoms with van der Waals surface area (Å²) in [5.41, 5.74) is 1.22. The minimum Gasteiger partial charge on any atom is -0.367 e. The number of hydrogen-bond donors (Lipinski definition) is 1. The molecule has 3 rings (SSSR count). The van der Waals surface area contributed by atoms with E-state index in [-0.39, 0.29) is 12.5 Å². The third kappa shape index (κ3) is 5.35. The van der Waals surface area contributed by atoms with Gasteiger partial charge in [0, 0.05) is 26.2 Å². The highest BCUT2D eigenvalue weighted by Crippen LogP contribution is 2.24. The first-order chi connectivity index (χ1) is 12.2. The van der Waals surface area contributed by atoms with Gasteiger partial charge in [0.15, 0.2) is 0 Å². The van der Waals surface area contributed by atoms with E-state index in [0.29, 0.717) is 11.7 Å². The largest absolute Gasteiger partial charge is 0.367 e. The Morgan fingerprint density at radius 2 is 2.16 bits per heavy atom. The molecule has 1 aromatic heterocycles. The van der Waals surface area contributed by atoms with E-state index in [4.69, 9.17) is 4.74 Å². The molecule has 0 radical (unpaired) electrons. The number of anilines is 2. The van der Waals surface area contributed by atoms with Crippen LogP contribution in [0.5, 0.6) is 0 Å². The average molecular weight is 363 g/mol. The van der Waals surface area contributed by atoms with E-state index in [1.165, 1.54) is 16.9 Å². The molecular formula is C17H25N5O2S. The minimum absolute atomic E-state index is 0.0329. The van der Waals surface area contributed by atoms with Crippen LogP contribution < -0.4 is 10.2 Å². The summed E-state index contributed by atoms with van der Waals surface area (Å²) in [5.74, 6) is -0.189. The Morgan fingerprint density at radius 3 is 2.88 bits per heavy atom. The van der Waals surface area contributed by atoms with Gasteiger partial charge in [-0.25, -0.2) is 0 Å². The molecule has 1 fully saturated rings. The Labute approximate surface area is 152 Å². The van der Waals surface area contributed by atoms with Crippen molar-refractivity contribution in [2.75, 3.05) is 56.2 Å². The van der Waals surface area contributed by atoms with Gasteiger partial charge in [-0.2, -0.15) is 0 Å². The molecule has 1 saturated heterocycles. The lowest BCUT2D eigenvalue weighted by Gasteiger charge is -2.33. The molecule has 0 spiro atoms. The van der Waals surface area contributed by atoms with Crippen molar-refractivity contribution < 1.29 is 9.53 Å². The Hall–Kier alpha value is -1.77. The van der Waals surface area contributed by atoms with Crippen LogP contribution in [-0.2, 0) is 9.53 Å². The number of amides is 1. The Bertz CT molecular complexity index is 635. The van der Waals surface area contributed by atoms with Gasteiger partial charge in [-0.15, -0.1) is 10.2 Å². The molecule has 1 amide bonds. The summed E-state index contributed by atoms with van der Waals surface area (Å²) in [4.78, 5) is 16.6. The number of carbonyl (C=O) groups is 1. The predicted molar refractivity (Wildman–Crippen MR) is 100 cm³/mol. The fourth-order valence-corrected chi connectivity index (χ4v) is 3.66. The van der Waals surface area contributed by atoms with Crippen LogP contribution in [0.25, 0.3) is 0 Å². The smallest absolute Gasteiger partial charge is 0.252 e. The molecule has 25 heavy (non-hydrogen) atoms. The van der Waals surface area contributed by atoms with E-state index >= 15 is 0 Å². The first kappa shape index (κ1) is 18.0. The number of nitrogens with one attached hydrogen (secondary N) is 1. The van der Waals surface area contributed by atoms with Crippen molar-refractivity contribution in [3.8, 4) is 0 Å². The monoisotopic (exact) mass is 363 g/mol. The molecule has 136 valence electrons. The molecule has 1 N–H and O–H groups in total. The first-order valence-electron chi connectivity index (χ1n) is 8.77. The lowest BCUT2D eigenvalue weighted by atomic mass is 10.1. The summed E-state index contributed by atoms with van der Waals surface area (Å²) in [5, 5.41) is 12.4. The van der Waals surface area contributed by atoms with Crippen molar-refractivity contribution in [2.24, 2.45) is 0 Å². The minimum atomic E-state index is -0.189. The lowest BCUT2D eigenvalue weighted by molar-refractivity contribution is -0.120. The predicted octanol–water partition coefficient (Wildman–Crippen LogP) is 1.91. The zero-order valence-electron chi connectivity index (χ0n) is 14.6. The van der Waals surface area contributed by atoms with Gasteiger partial charge in [-0.05, 0) is 25.0 Å². The molecule has 0 unspecified atom stereocenters. The van der Waals surface area contributed by atoms with Gasteiger partial charge in [-0.1, -0.05) is 36.5 Å². The number of nitrogens with zero attached hydrogens (tertiary/aromatic N) is 4. The van der Waals surface area contributed by atoms with Crippen molar-refractivity contribution in [1.29, 1.82) is 0 Å². The first-order valence-corrected chi connectivity index (χ1v) is 9.59. The second-order valence-corrected chi connectivity index (χ2v) is 7.10. The molecule has 1 aliphatic carbocycles. The second-order valence-electron chi connectivity index (χ2n) is 6.14. The van der Waals surface area contributed by atoms with Gasteiger partial charge in [0.2, 0.25) is 10.3 Å². The SMILES string of the molecule is CCN1CCN(c2nnc(NC(=O)COCC3=CC=CCC3)s2)CC1. The van der Waals surface area contributed by atoms with Crippen molar-refractivity contribution >= 4 is 27.5 Å². The molecule has 0 bridgehead atoms. The molecule has 0 saturated carbocycles. The third-order valence-corrected chi connectivity index (χ3v) is 5.27. The van der Waals surface area contributed by atoms with Gasteiger partial charge < -0.3 is 14.5 Å². The van der Waals surface area contributed by atoms with Crippen LogP contribution in [0.4, 0.5) is 10.3 Å². The van der Waals surface area contributed by atoms with Gasteiger partial charge >= 0.3 is 0 Å². The summed E-state index contributed by atoms with van der Waals surface area (Å²) in [6.45, 7) is 7.77. The molecule has 0 aromatic carbocycles. The number of likely N-dealkylation sites (N-methyl/N-ethyl adjacent to an activating group) is 1. The third-order valence-electron chi connectivity index (χ3n) is 4.37. The van der Waals surface area contributed by atoms with Crippen molar-refractivity contribution in [1.82, 2.24) is 15.1 Å². The number of aromatic nitrogens is 2. The van der Waals surface area contributed by atoms with Crippen LogP contribution >= 0.6 is 11.3 Å².